The topological polar surface area (TPSA) is 69.9 Å². The highest BCUT2D eigenvalue weighted by molar-refractivity contribution is 4.61. The molecule has 9 heavy (non-hydrogen) atoms. The molecule has 0 aromatic rings. The van der Waals surface area contributed by atoms with Crippen LogP contribution in [0.5, 0.6) is 0 Å². The van der Waals surface area contributed by atoms with Gasteiger partial charge in [-0.1, -0.05) is 6.92 Å². The minimum Gasteiger partial charge on any atom is -0.255 e. The van der Waals surface area contributed by atoms with Crippen LogP contribution in [0.15, 0.2) is 0 Å². The molecule has 0 bridgehead atoms. The Morgan fingerprint density at radius 3 is 1.67 bits per heavy atom. The van der Waals surface area contributed by atoms with Crippen molar-refractivity contribution in [2.75, 3.05) is 0 Å². The zero-order valence-electron chi connectivity index (χ0n) is 5.96. The molecule has 0 aromatic heterocycles. The molecule has 0 atom stereocenters. The van der Waals surface area contributed by atoms with E-state index in [2.05, 4.69) is 4.89 Å². The SMILES string of the molecule is CCC(C)(C)OO.OO. The normalized spacial score (nSPS) is 10.0. The van der Waals surface area contributed by atoms with Gasteiger partial charge in [0.2, 0.25) is 0 Å². The summed E-state index contributed by atoms with van der Waals surface area (Å²) in [7, 11) is 0. The summed E-state index contributed by atoms with van der Waals surface area (Å²) in [6.45, 7) is 5.61. The third-order valence-electron chi connectivity index (χ3n) is 1.10. The van der Waals surface area contributed by atoms with Crippen molar-refractivity contribution in [3.63, 3.8) is 0 Å². The van der Waals surface area contributed by atoms with Crippen LogP contribution in [0.4, 0.5) is 0 Å². The van der Waals surface area contributed by atoms with Gasteiger partial charge in [0.15, 0.2) is 0 Å². The molecule has 4 heteroatoms. The molecule has 0 aromatic carbocycles. The summed E-state index contributed by atoms with van der Waals surface area (Å²) >= 11 is 0. The van der Waals surface area contributed by atoms with Gasteiger partial charge in [0.25, 0.3) is 0 Å². The summed E-state index contributed by atoms with van der Waals surface area (Å²) in [5.41, 5.74) is -0.361. The first-order valence-corrected chi connectivity index (χ1v) is 2.65. The van der Waals surface area contributed by atoms with E-state index in [-0.39, 0.29) is 5.60 Å². The lowest BCUT2D eigenvalue weighted by Gasteiger charge is -2.16. The van der Waals surface area contributed by atoms with E-state index in [1.54, 1.807) is 0 Å². The van der Waals surface area contributed by atoms with Crippen LogP contribution < -0.4 is 0 Å². The standard InChI is InChI=1S/C5H12O2.H2O2/c1-4-5(2,3)7-6;1-2/h6H,4H2,1-3H3;1-2H. The quantitative estimate of drug-likeness (QED) is 0.401. The van der Waals surface area contributed by atoms with Gasteiger partial charge in [-0.15, -0.1) is 0 Å². The molecule has 0 aliphatic heterocycles. The maximum absolute atomic E-state index is 8.09. The average Bonchev–Trinajstić information content (AvgIpc) is 1.93. The van der Waals surface area contributed by atoms with Gasteiger partial charge in [-0.2, -0.15) is 0 Å². The van der Waals surface area contributed by atoms with Gasteiger partial charge in [-0.3, -0.25) is 15.8 Å². The summed E-state index contributed by atoms with van der Waals surface area (Å²) in [6, 6.07) is 0. The van der Waals surface area contributed by atoms with Crippen LogP contribution in [0.3, 0.4) is 0 Å². The smallest absolute Gasteiger partial charge is 0.0974 e. The lowest BCUT2D eigenvalue weighted by atomic mass is 10.1. The summed E-state index contributed by atoms with van der Waals surface area (Å²) in [6.07, 6.45) is 0.823. The highest BCUT2D eigenvalue weighted by atomic mass is 17.1. The van der Waals surface area contributed by atoms with E-state index in [9.17, 15) is 0 Å². The largest absolute Gasteiger partial charge is 0.255 e. The molecule has 0 rings (SSSR count). The van der Waals surface area contributed by atoms with Crippen LogP contribution in [-0.2, 0) is 4.89 Å². The molecule has 0 amide bonds. The summed E-state index contributed by atoms with van der Waals surface area (Å²) in [4.78, 5) is 4.09. The lowest BCUT2D eigenvalue weighted by molar-refractivity contribution is -0.313. The zero-order valence-corrected chi connectivity index (χ0v) is 5.96. The molecule has 0 saturated heterocycles. The molecule has 0 heterocycles. The molecule has 0 fully saturated rings. The Labute approximate surface area is 54.6 Å². The molecule has 0 unspecified atom stereocenters. The van der Waals surface area contributed by atoms with E-state index in [4.69, 9.17) is 15.8 Å². The van der Waals surface area contributed by atoms with Crippen molar-refractivity contribution >= 4 is 0 Å². The Morgan fingerprint density at radius 2 is 1.67 bits per heavy atom. The van der Waals surface area contributed by atoms with E-state index < -0.39 is 0 Å². The van der Waals surface area contributed by atoms with Gasteiger partial charge in [0.05, 0.1) is 5.60 Å². The van der Waals surface area contributed by atoms with E-state index in [1.807, 2.05) is 20.8 Å². The van der Waals surface area contributed by atoms with E-state index in [0.717, 1.165) is 6.42 Å². The predicted octanol–water partition coefficient (Wildman–Crippen LogP) is 1.68. The Bertz CT molecular complexity index is 46.9. The van der Waals surface area contributed by atoms with Crippen molar-refractivity contribution in [2.45, 2.75) is 32.8 Å². The van der Waals surface area contributed by atoms with E-state index in [0.29, 0.717) is 0 Å². The van der Waals surface area contributed by atoms with Gasteiger partial charge >= 0.3 is 0 Å². The lowest BCUT2D eigenvalue weighted by Crippen LogP contribution is -2.20. The Morgan fingerprint density at radius 1 is 1.33 bits per heavy atom. The summed E-state index contributed by atoms with van der Waals surface area (Å²) in [5.74, 6) is 0. The highest BCUT2D eigenvalue weighted by Crippen LogP contribution is 2.10. The number of hydrogen-bond acceptors (Lipinski definition) is 4. The minimum atomic E-state index is -0.361. The first-order valence-electron chi connectivity index (χ1n) is 2.65. The van der Waals surface area contributed by atoms with Crippen LogP contribution >= 0.6 is 0 Å². The summed E-state index contributed by atoms with van der Waals surface area (Å²) < 4.78 is 0. The molecule has 3 N–H and O–H groups in total. The maximum Gasteiger partial charge on any atom is 0.0974 e. The number of rotatable bonds is 2. The molecular weight excluding hydrogens is 124 g/mol. The third-order valence-corrected chi connectivity index (χ3v) is 1.10. The second kappa shape index (κ2) is 5.97. The van der Waals surface area contributed by atoms with Crippen molar-refractivity contribution in [1.29, 1.82) is 0 Å². The zero-order chi connectivity index (χ0) is 7.91. The monoisotopic (exact) mass is 138 g/mol. The minimum absolute atomic E-state index is 0.361. The van der Waals surface area contributed by atoms with Gasteiger partial charge < -0.3 is 0 Å². The van der Waals surface area contributed by atoms with Gasteiger partial charge in [0, 0.05) is 0 Å². The van der Waals surface area contributed by atoms with Gasteiger partial charge in [0.1, 0.15) is 0 Å². The molecule has 0 radical (unpaired) electrons. The van der Waals surface area contributed by atoms with Crippen LogP contribution in [0, 0.1) is 0 Å². The fourth-order valence-corrected chi connectivity index (χ4v) is 0.0645. The third kappa shape index (κ3) is 7.84. The van der Waals surface area contributed by atoms with Crippen molar-refractivity contribution in [3.8, 4) is 0 Å². The Kier molecular flexibility index (Phi) is 7.70. The van der Waals surface area contributed by atoms with Gasteiger partial charge in [-0.25, -0.2) is 4.89 Å². The average molecular weight is 138 g/mol. The van der Waals surface area contributed by atoms with Crippen molar-refractivity contribution < 1.29 is 20.7 Å². The van der Waals surface area contributed by atoms with E-state index >= 15 is 0 Å². The molecule has 0 spiro atoms. The van der Waals surface area contributed by atoms with Crippen LogP contribution in [0.1, 0.15) is 27.2 Å². The van der Waals surface area contributed by atoms with Crippen LogP contribution in [0.2, 0.25) is 0 Å². The molecular formula is C5H14O4. The second-order valence-corrected chi connectivity index (χ2v) is 2.20. The first kappa shape index (κ1) is 11.6. The van der Waals surface area contributed by atoms with Crippen molar-refractivity contribution in [2.24, 2.45) is 0 Å². The fourth-order valence-electron chi connectivity index (χ4n) is 0.0645. The molecule has 0 saturated carbocycles. The van der Waals surface area contributed by atoms with Gasteiger partial charge in [-0.05, 0) is 20.3 Å². The maximum atomic E-state index is 8.09. The molecule has 0 aliphatic rings. The van der Waals surface area contributed by atoms with Crippen LogP contribution in [-0.4, -0.2) is 21.4 Å². The predicted molar refractivity (Wildman–Crippen MR) is 33.3 cm³/mol. The first-order chi connectivity index (χ1) is 4.12. The Hall–Kier alpha value is -0.160. The molecule has 0 aliphatic carbocycles. The molecule has 58 valence electrons. The van der Waals surface area contributed by atoms with Crippen molar-refractivity contribution in [1.82, 2.24) is 0 Å². The Balaban J connectivity index is 0. The van der Waals surface area contributed by atoms with E-state index in [1.165, 1.54) is 0 Å². The van der Waals surface area contributed by atoms with Crippen molar-refractivity contribution in [3.05, 3.63) is 0 Å². The second-order valence-electron chi connectivity index (χ2n) is 2.20. The van der Waals surface area contributed by atoms with Crippen LogP contribution in [0.25, 0.3) is 0 Å². The highest BCUT2D eigenvalue weighted by Gasteiger charge is 2.13. The fraction of sp³-hybridized carbons (Fsp3) is 1.00. The summed E-state index contributed by atoms with van der Waals surface area (Å²) in [5, 5.41) is 20.1. The number of hydrogen-bond donors (Lipinski definition) is 3. The molecule has 4 nitrogen and oxygen atoms in total.